The highest BCUT2D eigenvalue weighted by Crippen LogP contribution is 2.37. The Labute approximate surface area is 186 Å². The van der Waals surface area contributed by atoms with E-state index in [1.54, 1.807) is 5.57 Å². The van der Waals surface area contributed by atoms with Gasteiger partial charge in [-0.1, -0.05) is 89.0 Å². The molecule has 2 aliphatic rings. The van der Waals surface area contributed by atoms with Gasteiger partial charge in [0.15, 0.2) is 0 Å². The molecule has 2 aliphatic carbocycles. The number of hydrogen-bond donors (Lipinski definition) is 0. The fraction of sp³-hybridized carbons (Fsp3) is 0.724. The summed E-state index contributed by atoms with van der Waals surface area (Å²) in [5.74, 6) is 4.07. The molecule has 0 bridgehead atoms. The highest BCUT2D eigenvalue weighted by molar-refractivity contribution is 5.28. The number of hydrogen-bond acceptors (Lipinski definition) is 1. The van der Waals surface area contributed by atoms with Crippen molar-refractivity contribution in [2.24, 2.45) is 17.8 Å². The molecule has 0 spiro atoms. The molecule has 0 radical (unpaired) electrons. The van der Waals surface area contributed by atoms with Crippen LogP contribution in [0.5, 0.6) is 5.75 Å². The molecular formula is C29H46O. The van der Waals surface area contributed by atoms with Crippen LogP contribution in [0.3, 0.4) is 0 Å². The Morgan fingerprint density at radius 1 is 0.767 bits per heavy atom. The molecule has 1 atom stereocenters. The fourth-order valence-corrected chi connectivity index (χ4v) is 5.48. The van der Waals surface area contributed by atoms with E-state index in [2.05, 4.69) is 44.2 Å². The van der Waals surface area contributed by atoms with E-state index in [0.717, 1.165) is 36.5 Å². The van der Waals surface area contributed by atoms with Crippen LogP contribution in [-0.4, -0.2) is 6.61 Å². The van der Waals surface area contributed by atoms with Crippen molar-refractivity contribution in [2.75, 3.05) is 6.61 Å². The lowest BCUT2D eigenvalue weighted by atomic mass is 9.76. The first-order valence-electron chi connectivity index (χ1n) is 13.2. The van der Waals surface area contributed by atoms with E-state index in [0.29, 0.717) is 0 Å². The van der Waals surface area contributed by atoms with Crippen LogP contribution in [0.4, 0.5) is 0 Å². The van der Waals surface area contributed by atoms with E-state index in [1.807, 2.05) is 0 Å². The van der Waals surface area contributed by atoms with Gasteiger partial charge in [0.25, 0.3) is 0 Å². The third-order valence-electron chi connectivity index (χ3n) is 7.66. The Bertz CT molecular complexity index is 606. The van der Waals surface area contributed by atoms with Crippen LogP contribution in [0.2, 0.25) is 0 Å². The van der Waals surface area contributed by atoms with Crippen molar-refractivity contribution >= 4 is 0 Å². The zero-order valence-electron chi connectivity index (χ0n) is 19.8. The van der Waals surface area contributed by atoms with Crippen LogP contribution >= 0.6 is 0 Å². The van der Waals surface area contributed by atoms with E-state index in [1.165, 1.54) is 95.5 Å². The third-order valence-corrected chi connectivity index (χ3v) is 7.66. The van der Waals surface area contributed by atoms with Gasteiger partial charge in [0, 0.05) is 0 Å². The Balaban J connectivity index is 1.30. The lowest BCUT2D eigenvalue weighted by Gasteiger charge is -2.30. The molecule has 0 N–H and O–H groups in total. The van der Waals surface area contributed by atoms with Crippen LogP contribution in [0, 0.1) is 17.8 Å². The first-order chi connectivity index (χ1) is 14.8. The van der Waals surface area contributed by atoms with Crippen molar-refractivity contribution in [3.63, 3.8) is 0 Å². The molecule has 0 aliphatic heterocycles. The number of unbranched alkanes of at least 4 members (excludes halogenated alkanes) is 1. The van der Waals surface area contributed by atoms with Crippen LogP contribution < -0.4 is 4.74 Å². The van der Waals surface area contributed by atoms with Crippen molar-refractivity contribution in [3.05, 3.63) is 41.5 Å². The molecule has 0 heterocycles. The minimum absolute atomic E-state index is 0.813. The van der Waals surface area contributed by atoms with Crippen molar-refractivity contribution < 1.29 is 4.74 Å². The molecule has 0 aromatic heterocycles. The second-order valence-corrected chi connectivity index (χ2v) is 10.1. The summed E-state index contributed by atoms with van der Waals surface area (Å²) >= 11 is 0. The highest BCUT2D eigenvalue weighted by atomic mass is 16.5. The highest BCUT2D eigenvalue weighted by Gasteiger charge is 2.22. The number of benzene rings is 1. The third kappa shape index (κ3) is 8.12. The van der Waals surface area contributed by atoms with Crippen molar-refractivity contribution in [1.29, 1.82) is 0 Å². The van der Waals surface area contributed by atoms with Crippen molar-refractivity contribution in [2.45, 2.75) is 110 Å². The minimum Gasteiger partial charge on any atom is -0.494 e. The summed E-state index contributed by atoms with van der Waals surface area (Å²) in [6, 6.07) is 8.75. The van der Waals surface area contributed by atoms with Gasteiger partial charge >= 0.3 is 0 Å². The van der Waals surface area contributed by atoms with Gasteiger partial charge in [-0.05, 0) is 80.4 Å². The zero-order chi connectivity index (χ0) is 21.0. The summed E-state index contributed by atoms with van der Waals surface area (Å²) in [7, 11) is 0. The largest absolute Gasteiger partial charge is 0.494 e. The van der Waals surface area contributed by atoms with Gasteiger partial charge in [-0.15, -0.1) is 0 Å². The molecule has 0 saturated heterocycles. The molecule has 168 valence electrons. The Morgan fingerprint density at radius 3 is 2.10 bits per heavy atom. The minimum atomic E-state index is 0.813. The predicted molar refractivity (Wildman–Crippen MR) is 130 cm³/mol. The fourth-order valence-electron chi connectivity index (χ4n) is 5.48. The predicted octanol–water partition coefficient (Wildman–Crippen LogP) is 8.91. The summed E-state index contributed by atoms with van der Waals surface area (Å²) in [4.78, 5) is 0. The number of rotatable bonds is 12. The van der Waals surface area contributed by atoms with Gasteiger partial charge in [0.05, 0.1) is 6.61 Å². The lowest BCUT2D eigenvalue weighted by molar-refractivity contribution is 0.235. The van der Waals surface area contributed by atoms with Crippen LogP contribution in [0.25, 0.3) is 0 Å². The van der Waals surface area contributed by atoms with Gasteiger partial charge in [0.1, 0.15) is 5.75 Å². The van der Waals surface area contributed by atoms with Gasteiger partial charge < -0.3 is 4.74 Å². The maximum atomic E-state index is 5.69. The summed E-state index contributed by atoms with van der Waals surface area (Å²) in [6.07, 6.45) is 23.6. The first-order valence-corrected chi connectivity index (χ1v) is 13.2. The van der Waals surface area contributed by atoms with E-state index in [4.69, 9.17) is 4.74 Å². The summed E-state index contributed by atoms with van der Waals surface area (Å²) in [5.41, 5.74) is 3.14. The molecule has 1 heteroatoms. The van der Waals surface area contributed by atoms with Crippen molar-refractivity contribution in [3.8, 4) is 5.75 Å². The number of aryl methyl sites for hydroxylation is 1. The summed E-state index contributed by atoms with van der Waals surface area (Å²) in [5, 5.41) is 0. The molecule has 0 amide bonds. The van der Waals surface area contributed by atoms with Gasteiger partial charge in [-0.3, -0.25) is 0 Å². The average molecular weight is 411 g/mol. The average Bonchev–Trinajstić information content (AvgIpc) is 2.80. The second-order valence-electron chi connectivity index (χ2n) is 10.1. The molecule has 1 aromatic rings. The molecule has 1 fully saturated rings. The Morgan fingerprint density at radius 2 is 1.47 bits per heavy atom. The van der Waals surface area contributed by atoms with Crippen LogP contribution in [0.1, 0.15) is 109 Å². The van der Waals surface area contributed by atoms with Crippen LogP contribution in [0.15, 0.2) is 35.9 Å². The SMILES string of the molecule is CCCCC1CCC(CCC2CC=C(CCc3ccc(OCCC)cc3)CC2)CC1. The maximum absolute atomic E-state index is 5.69. The first kappa shape index (κ1) is 23.4. The van der Waals surface area contributed by atoms with Gasteiger partial charge in [-0.2, -0.15) is 0 Å². The smallest absolute Gasteiger partial charge is 0.119 e. The lowest BCUT2D eigenvalue weighted by Crippen LogP contribution is -2.16. The van der Waals surface area contributed by atoms with Crippen LogP contribution in [-0.2, 0) is 6.42 Å². The van der Waals surface area contributed by atoms with E-state index < -0.39 is 0 Å². The van der Waals surface area contributed by atoms with E-state index >= 15 is 0 Å². The molecular weight excluding hydrogens is 364 g/mol. The normalized spacial score (nSPS) is 24.5. The Kier molecular flexibility index (Phi) is 10.3. The van der Waals surface area contributed by atoms with Gasteiger partial charge in [-0.25, -0.2) is 0 Å². The molecule has 30 heavy (non-hydrogen) atoms. The molecule has 1 nitrogen and oxygen atoms in total. The van der Waals surface area contributed by atoms with E-state index in [9.17, 15) is 0 Å². The molecule has 1 unspecified atom stereocenters. The maximum Gasteiger partial charge on any atom is 0.119 e. The molecule has 1 aromatic carbocycles. The number of allylic oxidation sites excluding steroid dienone is 2. The standard InChI is InChI=1S/C29H46O/c1-3-5-6-24-7-9-25(10-8-24)11-12-26-13-15-27(16-14-26)17-18-28-19-21-29(22-20-28)30-23-4-2/h15,19-22,24-26H,3-14,16-18,23H2,1-2H3. The molecule has 1 saturated carbocycles. The zero-order valence-corrected chi connectivity index (χ0v) is 19.8. The van der Waals surface area contributed by atoms with E-state index in [-0.39, 0.29) is 0 Å². The monoisotopic (exact) mass is 410 g/mol. The number of ether oxygens (including phenoxy) is 1. The Hall–Kier alpha value is -1.24. The quantitative estimate of drug-likeness (QED) is 0.312. The second kappa shape index (κ2) is 13.2. The topological polar surface area (TPSA) is 9.23 Å². The summed E-state index contributed by atoms with van der Waals surface area (Å²) < 4.78 is 5.69. The molecule has 3 rings (SSSR count). The van der Waals surface area contributed by atoms with Crippen molar-refractivity contribution in [1.82, 2.24) is 0 Å². The van der Waals surface area contributed by atoms with Gasteiger partial charge in [0.2, 0.25) is 0 Å². The summed E-state index contributed by atoms with van der Waals surface area (Å²) in [6.45, 7) is 5.29.